The monoisotopic (exact) mass is 377 g/mol. The molecule has 1 aliphatic rings. The number of aliphatic hydroxyl groups is 1. The molecule has 2 N–H and O–H groups in total. The maximum atomic E-state index is 13.0. The Morgan fingerprint density at radius 2 is 1.86 bits per heavy atom. The topological polar surface area (TPSA) is 95.7 Å². The molecular formula is C21H19N3O4. The number of benzene rings is 2. The lowest BCUT2D eigenvalue weighted by atomic mass is 9.97. The van der Waals surface area contributed by atoms with Crippen LogP contribution in [-0.4, -0.2) is 37.3 Å². The molecule has 0 bridgehead atoms. The molecule has 28 heavy (non-hydrogen) atoms. The van der Waals surface area contributed by atoms with Crippen molar-refractivity contribution in [3.63, 3.8) is 0 Å². The van der Waals surface area contributed by atoms with Gasteiger partial charge < -0.3 is 15.1 Å². The highest BCUT2D eigenvalue weighted by atomic mass is 16.3. The standard InChI is InChI=1S/C21H19N3O4/c1-13-6-8-15(9-7-13)24-19(27)10-17(25)20(22-24)21(28)23-11-14-4-2-3-5-16(14)18(26)12-23/h2-10,18,25-26H,11-12H2,1H3. The normalized spacial score (nSPS) is 15.9. The van der Waals surface area contributed by atoms with Crippen LogP contribution in [0.15, 0.2) is 59.4 Å². The van der Waals surface area contributed by atoms with Crippen molar-refractivity contribution in [3.8, 4) is 11.4 Å². The van der Waals surface area contributed by atoms with E-state index < -0.39 is 23.3 Å². The number of carbonyl (C=O) groups excluding carboxylic acids is 1. The number of aromatic hydroxyl groups is 1. The second-order valence-corrected chi connectivity index (χ2v) is 6.86. The summed E-state index contributed by atoms with van der Waals surface area (Å²) in [4.78, 5) is 26.7. The summed E-state index contributed by atoms with van der Waals surface area (Å²) in [6, 6.07) is 15.4. The first-order valence-electron chi connectivity index (χ1n) is 8.89. The van der Waals surface area contributed by atoms with Gasteiger partial charge in [-0.1, -0.05) is 42.0 Å². The molecule has 7 heteroatoms. The van der Waals surface area contributed by atoms with Crippen LogP contribution in [0.5, 0.6) is 5.75 Å². The Morgan fingerprint density at radius 3 is 2.61 bits per heavy atom. The van der Waals surface area contributed by atoms with E-state index in [4.69, 9.17) is 0 Å². The third kappa shape index (κ3) is 3.16. The quantitative estimate of drug-likeness (QED) is 0.712. The van der Waals surface area contributed by atoms with Crippen molar-refractivity contribution < 1.29 is 15.0 Å². The summed E-state index contributed by atoms with van der Waals surface area (Å²) in [6.07, 6.45) is -0.820. The van der Waals surface area contributed by atoms with Crippen LogP contribution in [0.1, 0.15) is 33.3 Å². The number of aryl methyl sites for hydroxylation is 1. The number of β-amino-alcohol motifs (C(OH)–C–C–N with tert-alkyl or cyclic N) is 1. The molecule has 0 fully saturated rings. The number of aliphatic hydroxyl groups excluding tert-OH is 1. The van der Waals surface area contributed by atoms with Gasteiger partial charge in [0.05, 0.1) is 18.3 Å². The fourth-order valence-electron chi connectivity index (χ4n) is 3.36. The van der Waals surface area contributed by atoms with E-state index in [2.05, 4.69) is 5.10 Å². The highest BCUT2D eigenvalue weighted by Crippen LogP contribution is 2.28. The van der Waals surface area contributed by atoms with Gasteiger partial charge in [0.1, 0.15) is 0 Å². The molecule has 0 aliphatic carbocycles. The molecule has 142 valence electrons. The van der Waals surface area contributed by atoms with Crippen molar-refractivity contribution in [3.05, 3.63) is 87.3 Å². The van der Waals surface area contributed by atoms with Crippen LogP contribution in [0.3, 0.4) is 0 Å². The van der Waals surface area contributed by atoms with Crippen LogP contribution < -0.4 is 5.56 Å². The Balaban J connectivity index is 1.71. The number of hydrogen-bond acceptors (Lipinski definition) is 5. The van der Waals surface area contributed by atoms with Gasteiger partial charge in [0, 0.05) is 12.6 Å². The summed E-state index contributed by atoms with van der Waals surface area (Å²) in [7, 11) is 0. The van der Waals surface area contributed by atoms with Crippen molar-refractivity contribution in [1.29, 1.82) is 0 Å². The third-order valence-corrected chi connectivity index (χ3v) is 4.85. The summed E-state index contributed by atoms with van der Waals surface area (Å²) < 4.78 is 1.08. The second-order valence-electron chi connectivity index (χ2n) is 6.86. The number of fused-ring (bicyclic) bond motifs is 1. The number of nitrogens with zero attached hydrogens (tertiary/aromatic N) is 3. The van der Waals surface area contributed by atoms with Gasteiger partial charge in [0.2, 0.25) is 0 Å². The van der Waals surface area contributed by atoms with Gasteiger partial charge in [-0.25, -0.2) is 0 Å². The van der Waals surface area contributed by atoms with Gasteiger partial charge in [0.15, 0.2) is 11.4 Å². The van der Waals surface area contributed by atoms with Crippen LogP contribution in [0.2, 0.25) is 0 Å². The summed E-state index contributed by atoms with van der Waals surface area (Å²) >= 11 is 0. The lowest BCUT2D eigenvalue weighted by Crippen LogP contribution is -2.39. The Morgan fingerprint density at radius 1 is 1.14 bits per heavy atom. The zero-order chi connectivity index (χ0) is 19.8. The highest BCUT2D eigenvalue weighted by molar-refractivity contribution is 5.94. The predicted molar refractivity (Wildman–Crippen MR) is 102 cm³/mol. The molecule has 0 spiro atoms. The summed E-state index contributed by atoms with van der Waals surface area (Å²) in [5, 5.41) is 24.7. The summed E-state index contributed by atoms with van der Waals surface area (Å²) in [5.41, 5.74) is 2.37. The Hall–Kier alpha value is -3.45. The van der Waals surface area contributed by atoms with Crippen molar-refractivity contribution >= 4 is 5.91 Å². The first kappa shape index (κ1) is 17.9. The van der Waals surface area contributed by atoms with Crippen LogP contribution in [0.4, 0.5) is 0 Å². The van der Waals surface area contributed by atoms with E-state index in [0.29, 0.717) is 5.69 Å². The van der Waals surface area contributed by atoms with Gasteiger partial charge >= 0.3 is 0 Å². The van der Waals surface area contributed by atoms with Crippen molar-refractivity contribution in [2.24, 2.45) is 0 Å². The number of carbonyl (C=O) groups is 1. The largest absolute Gasteiger partial charge is 0.505 e. The molecule has 1 atom stereocenters. The van der Waals surface area contributed by atoms with E-state index in [9.17, 15) is 19.8 Å². The average Bonchev–Trinajstić information content (AvgIpc) is 2.68. The highest BCUT2D eigenvalue weighted by Gasteiger charge is 2.30. The zero-order valence-corrected chi connectivity index (χ0v) is 15.2. The van der Waals surface area contributed by atoms with Gasteiger partial charge in [-0.05, 0) is 30.2 Å². The first-order valence-corrected chi connectivity index (χ1v) is 8.89. The van der Waals surface area contributed by atoms with Crippen molar-refractivity contribution in [1.82, 2.24) is 14.7 Å². The smallest absolute Gasteiger partial charge is 0.278 e. The van der Waals surface area contributed by atoms with E-state index in [0.717, 1.165) is 27.4 Å². The number of hydrogen-bond donors (Lipinski definition) is 2. The molecule has 2 aromatic carbocycles. The van der Waals surface area contributed by atoms with Crippen molar-refractivity contribution in [2.45, 2.75) is 19.6 Å². The molecule has 1 unspecified atom stereocenters. The maximum absolute atomic E-state index is 13.0. The third-order valence-electron chi connectivity index (χ3n) is 4.85. The fraction of sp³-hybridized carbons (Fsp3) is 0.190. The molecule has 2 heterocycles. The first-order chi connectivity index (χ1) is 13.4. The van der Waals surface area contributed by atoms with Gasteiger partial charge in [-0.15, -0.1) is 0 Å². The average molecular weight is 377 g/mol. The Labute approximate surface area is 161 Å². The number of aromatic nitrogens is 2. The molecule has 0 saturated carbocycles. The van der Waals surface area contributed by atoms with E-state index >= 15 is 0 Å². The zero-order valence-electron chi connectivity index (χ0n) is 15.2. The number of rotatable bonds is 2. The lowest BCUT2D eigenvalue weighted by Gasteiger charge is -2.32. The SMILES string of the molecule is Cc1ccc(-n2nc(C(=O)N3Cc4ccccc4C(O)C3)c(O)cc2=O)cc1. The fourth-order valence-corrected chi connectivity index (χ4v) is 3.36. The molecule has 4 rings (SSSR count). The van der Waals surface area contributed by atoms with Crippen LogP contribution >= 0.6 is 0 Å². The van der Waals surface area contributed by atoms with Crippen LogP contribution in [-0.2, 0) is 6.54 Å². The Bertz CT molecular complexity index is 1110. The summed E-state index contributed by atoms with van der Waals surface area (Å²) in [5.74, 6) is -1.03. The van der Waals surface area contributed by atoms with Crippen LogP contribution in [0, 0.1) is 6.92 Å². The van der Waals surface area contributed by atoms with E-state index in [1.165, 1.54) is 4.90 Å². The van der Waals surface area contributed by atoms with Gasteiger partial charge in [-0.3, -0.25) is 9.59 Å². The minimum absolute atomic E-state index is 0.0840. The summed E-state index contributed by atoms with van der Waals surface area (Å²) in [6.45, 7) is 2.29. The molecule has 0 saturated heterocycles. The molecule has 3 aromatic rings. The molecule has 1 amide bonds. The minimum atomic E-state index is -0.820. The van der Waals surface area contributed by atoms with E-state index in [1.54, 1.807) is 12.1 Å². The minimum Gasteiger partial charge on any atom is -0.505 e. The second kappa shape index (κ2) is 6.94. The van der Waals surface area contributed by atoms with E-state index in [-0.39, 0.29) is 18.8 Å². The Kier molecular flexibility index (Phi) is 4.44. The van der Waals surface area contributed by atoms with Crippen molar-refractivity contribution in [2.75, 3.05) is 6.54 Å². The van der Waals surface area contributed by atoms with Gasteiger partial charge in [-0.2, -0.15) is 9.78 Å². The molecule has 7 nitrogen and oxygen atoms in total. The molecule has 1 aromatic heterocycles. The number of amides is 1. The van der Waals surface area contributed by atoms with E-state index in [1.807, 2.05) is 43.3 Å². The lowest BCUT2D eigenvalue weighted by molar-refractivity contribution is 0.0539. The molecular weight excluding hydrogens is 358 g/mol. The van der Waals surface area contributed by atoms with Gasteiger partial charge in [0.25, 0.3) is 11.5 Å². The predicted octanol–water partition coefficient (Wildman–Crippen LogP) is 1.94. The maximum Gasteiger partial charge on any atom is 0.278 e. The molecule has 0 radical (unpaired) electrons. The van der Waals surface area contributed by atoms with Crippen LogP contribution in [0.25, 0.3) is 5.69 Å². The molecule has 1 aliphatic heterocycles.